The summed E-state index contributed by atoms with van der Waals surface area (Å²) in [6, 6.07) is 6.75. The monoisotopic (exact) mass is 359 g/mol. The van der Waals surface area contributed by atoms with Crippen LogP contribution in [0.2, 0.25) is 0 Å². The second-order valence-electron chi connectivity index (χ2n) is 6.00. The van der Waals surface area contributed by atoms with Crippen molar-refractivity contribution in [2.75, 3.05) is 13.7 Å². The fourth-order valence-corrected chi connectivity index (χ4v) is 2.47. The average Bonchev–Trinajstić information content (AvgIpc) is 2.59. The Morgan fingerprint density at radius 2 is 1.85 bits per heavy atom. The SMILES string of the molecule is Cc1nn(C)c(=O)c(C(=O)N(C)Cc2ccc(OCC(=O)O)cc2)c1C. The van der Waals surface area contributed by atoms with Crippen molar-refractivity contribution in [1.29, 1.82) is 0 Å². The molecule has 0 unspecified atom stereocenters. The number of rotatable bonds is 6. The van der Waals surface area contributed by atoms with Crippen molar-refractivity contribution in [2.24, 2.45) is 7.05 Å². The minimum absolute atomic E-state index is 0.115. The highest BCUT2D eigenvalue weighted by molar-refractivity contribution is 5.95. The lowest BCUT2D eigenvalue weighted by Crippen LogP contribution is -2.36. The predicted octanol–water partition coefficient (Wildman–Crippen LogP) is 1.13. The Bertz CT molecular complexity index is 887. The van der Waals surface area contributed by atoms with Crippen LogP contribution in [0.15, 0.2) is 29.1 Å². The summed E-state index contributed by atoms with van der Waals surface area (Å²) in [4.78, 5) is 37.0. The Labute approximate surface area is 150 Å². The highest BCUT2D eigenvalue weighted by atomic mass is 16.5. The maximum absolute atomic E-state index is 12.7. The van der Waals surface area contributed by atoms with E-state index in [0.717, 1.165) is 10.2 Å². The number of carboxylic acid groups (broad SMARTS) is 1. The normalized spacial score (nSPS) is 10.5. The van der Waals surface area contributed by atoms with Crippen LogP contribution in [0.1, 0.15) is 27.2 Å². The van der Waals surface area contributed by atoms with Gasteiger partial charge in [0.2, 0.25) is 0 Å². The summed E-state index contributed by atoms with van der Waals surface area (Å²) < 4.78 is 6.24. The standard InChI is InChI=1S/C18H21N3O5/c1-11-12(2)19-21(4)18(25)16(11)17(24)20(3)9-13-5-7-14(8-6-13)26-10-15(22)23/h5-8H,9-10H2,1-4H3,(H,22,23). The number of aliphatic carboxylic acids is 1. The Morgan fingerprint density at radius 1 is 1.23 bits per heavy atom. The van der Waals surface area contributed by atoms with Gasteiger partial charge in [0, 0.05) is 20.6 Å². The molecule has 0 aliphatic heterocycles. The summed E-state index contributed by atoms with van der Waals surface area (Å²) in [7, 11) is 3.13. The summed E-state index contributed by atoms with van der Waals surface area (Å²) in [5.74, 6) is -0.997. The largest absolute Gasteiger partial charge is 0.482 e. The van der Waals surface area contributed by atoms with Gasteiger partial charge in [-0.25, -0.2) is 9.48 Å². The lowest BCUT2D eigenvalue weighted by atomic mass is 10.1. The molecule has 8 nitrogen and oxygen atoms in total. The van der Waals surface area contributed by atoms with Crippen LogP contribution in [0.5, 0.6) is 5.75 Å². The van der Waals surface area contributed by atoms with E-state index in [2.05, 4.69) is 5.10 Å². The topological polar surface area (TPSA) is 102 Å². The molecule has 2 aromatic rings. The second-order valence-corrected chi connectivity index (χ2v) is 6.00. The molecule has 0 spiro atoms. The number of ether oxygens (including phenoxy) is 1. The fourth-order valence-electron chi connectivity index (χ4n) is 2.47. The van der Waals surface area contributed by atoms with Crippen LogP contribution in [0, 0.1) is 13.8 Å². The molecule has 0 fully saturated rings. The molecule has 1 N–H and O–H groups in total. The van der Waals surface area contributed by atoms with E-state index < -0.39 is 18.1 Å². The molecule has 0 bridgehead atoms. The summed E-state index contributed by atoms with van der Waals surface area (Å²) in [6.07, 6.45) is 0. The van der Waals surface area contributed by atoms with Crippen molar-refractivity contribution < 1.29 is 19.4 Å². The van der Waals surface area contributed by atoms with Crippen LogP contribution in [0.4, 0.5) is 0 Å². The van der Waals surface area contributed by atoms with E-state index >= 15 is 0 Å². The van der Waals surface area contributed by atoms with Gasteiger partial charge in [-0.3, -0.25) is 9.59 Å². The Morgan fingerprint density at radius 3 is 2.42 bits per heavy atom. The van der Waals surface area contributed by atoms with Crippen LogP contribution in [0.25, 0.3) is 0 Å². The van der Waals surface area contributed by atoms with E-state index in [-0.39, 0.29) is 11.5 Å². The van der Waals surface area contributed by atoms with E-state index in [1.165, 1.54) is 11.9 Å². The summed E-state index contributed by atoms with van der Waals surface area (Å²) in [5.41, 5.74) is 1.71. The van der Waals surface area contributed by atoms with Crippen molar-refractivity contribution in [3.63, 3.8) is 0 Å². The number of carboxylic acids is 1. The molecule has 138 valence electrons. The van der Waals surface area contributed by atoms with Gasteiger partial charge in [-0.2, -0.15) is 5.10 Å². The minimum atomic E-state index is -1.05. The summed E-state index contributed by atoms with van der Waals surface area (Å²) in [6.45, 7) is 3.34. The number of hydrogen-bond acceptors (Lipinski definition) is 5. The fraction of sp³-hybridized carbons (Fsp3) is 0.333. The van der Waals surface area contributed by atoms with Crippen molar-refractivity contribution in [3.8, 4) is 5.75 Å². The molecule has 0 saturated carbocycles. The van der Waals surface area contributed by atoms with Gasteiger partial charge in [-0.05, 0) is 37.1 Å². The lowest BCUT2D eigenvalue weighted by Gasteiger charge is -2.19. The maximum Gasteiger partial charge on any atom is 0.341 e. The van der Waals surface area contributed by atoms with Crippen LogP contribution < -0.4 is 10.3 Å². The summed E-state index contributed by atoms with van der Waals surface area (Å²) in [5, 5.41) is 12.7. The van der Waals surface area contributed by atoms with Gasteiger partial charge < -0.3 is 14.7 Å². The van der Waals surface area contributed by atoms with Gasteiger partial charge in [0.1, 0.15) is 11.3 Å². The molecule has 1 amide bonds. The molecule has 1 aromatic carbocycles. The Kier molecular flexibility index (Phi) is 5.76. The molecule has 0 atom stereocenters. The molecule has 26 heavy (non-hydrogen) atoms. The maximum atomic E-state index is 12.7. The Hall–Kier alpha value is -3.16. The van der Waals surface area contributed by atoms with Crippen molar-refractivity contribution in [2.45, 2.75) is 20.4 Å². The lowest BCUT2D eigenvalue weighted by molar-refractivity contribution is -0.139. The van der Waals surface area contributed by atoms with Crippen LogP contribution in [0.3, 0.4) is 0 Å². The number of hydrogen-bond donors (Lipinski definition) is 1. The first-order chi connectivity index (χ1) is 12.2. The molecule has 1 aromatic heterocycles. The van der Waals surface area contributed by atoms with E-state index in [4.69, 9.17) is 9.84 Å². The summed E-state index contributed by atoms with van der Waals surface area (Å²) >= 11 is 0. The van der Waals surface area contributed by atoms with Gasteiger partial charge in [0.15, 0.2) is 6.61 Å². The highest BCUT2D eigenvalue weighted by Gasteiger charge is 2.21. The van der Waals surface area contributed by atoms with Gasteiger partial charge in [-0.1, -0.05) is 12.1 Å². The zero-order chi connectivity index (χ0) is 19.4. The van der Waals surface area contributed by atoms with Gasteiger partial charge in [0.25, 0.3) is 11.5 Å². The third kappa shape index (κ3) is 4.27. The van der Waals surface area contributed by atoms with Crippen molar-refractivity contribution in [3.05, 3.63) is 57.0 Å². The van der Waals surface area contributed by atoms with Crippen LogP contribution >= 0.6 is 0 Å². The molecule has 2 rings (SSSR count). The molecule has 0 radical (unpaired) electrons. The van der Waals surface area contributed by atoms with E-state index in [1.54, 1.807) is 45.2 Å². The highest BCUT2D eigenvalue weighted by Crippen LogP contribution is 2.15. The van der Waals surface area contributed by atoms with Gasteiger partial charge >= 0.3 is 5.97 Å². The third-order valence-corrected chi connectivity index (χ3v) is 3.99. The van der Waals surface area contributed by atoms with Gasteiger partial charge in [-0.15, -0.1) is 0 Å². The van der Waals surface area contributed by atoms with E-state index in [9.17, 15) is 14.4 Å². The van der Waals surface area contributed by atoms with Crippen molar-refractivity contribution in [1.82, 2.24) is 14.7 Å². The first-order valence-electron chi connectivity index (χ1n) is 7.94. The molecule has 1 heterocycles. The number of nitrogens with zero attached hydrogens (tertiary/aromatic N) is 3. The molecular formula is C18H21N3O5. The molecule has 0 aliphatic rings. The predicted molar refractivity (Wildman–Crippen MR) is 94.3 cm³/mol. The minimum Gasteiger partial charge on any atom is -0.482 e. The molecule has 8 heteroatoms. The first-order valence-corrected chi connectivity index (χ1v) is 7.94. The zero-order valence-corrected chi connectivity index (χ0v) is 15.1. The van der Waals surface area contributed by atoms with E-state index in [0.29, 0.717) is 23.6 Å². The van der Waals surface area contributed by atoms with Crippen molar-refractivity contribution >= 4 is 11.9 Å². The zero-order valence-electron chi connectivity index (χ0n) is 15.1. The number of aryl methyl sites for hydroxylation is 2. The third-order valence-electron chi connectivity index (χ3n) is 3.99. The second kappa shape index (κ2) is 7.81. The first kappa shape index (κ1) is 19.2. The number of carbonyl (C=O) groups excluding carboxylic acids is 1. The average molecular weight is 359 g/mol. The molecule has 0 saturated heterocycles. The Balaban J connectivity index is 2.15. The number of carbonyl (C=O) groups is 2. The number of aromatic nitrogens is 2. The molecule has 0 aliphatic carbocycles. The van der Waals surface area contributed by atoms with Gasteiger partial charge in [0.05, 0.1) is 5.69 Å². The van der Waals surface area contributed by atoms with Crippen LogP contribution in [-0.4, -0.2) is 45.3 Å². The quantitative estimate of drug-likeness (QED) is 0.830. The van der Waals surface area contributed by atoms with E-state index in [1.807, 2.05) is 0 Å². The number of benzene rings is 1. The number of amides is 1. The molecular weight excluding hydrogens is 338 g/mol. The van der Waals surface area contributed by atoms with Crippen LogP contribution in [-0.2, 0) is 18.4 Å². The smallest absolute Gasteiger partial charge is 0.341 e.